The summed E-state index contributed by atoms with van der Waals surface area (Å²) < 4.78 is 0. The molecule has 4 nitrogen and oxygen atoms in total. The van der Waals surface area contributed by atoms with Gasteiger partial charge in [0.1, 0.15) is 0 Å². The maximum Gasteiger partial charge on any atom is 0.222 e. The number of amides is 2. The molecule has 2 amide bonds. The van der Waals surface area contributed by atoms with E-state index in [1.165, 1.54) is 0 Å². The van der Waals surface area contributed by atoms with Crippen LogP contribution < -0.4 is 0 Å². The van der Waals surface area contributed by atoms with E-state index >= 15 is 0 Å². The van der Waals surface area contributed by atoms with Crippen molar-refractivity contribution in [2.24, 2.45) is 0 Å². The van der Waals surface area contributed by atoms with Crippen LogP contribution in [0.15, 0.2) is 24.3 Å². The third-order valence-corrected chi connectivity index (χ3v) is 5.60. The average Bonchev–Trinajstić information content (AvgIpc) is 3.11. The van der Waals surface area contributed by atoms with Gasteiger partial charge in [-0.15, -0.1) is 0 Å². The first kappa shape index (κ1) is 21.7. The lowest BCUT2D eigenvalue weighted by atomic mass is 10.0. The maximum absolute atomic E-state index is 12.7. The molecule has 1 aliphatic heterocycles. The van der Waals surface area contributed by atoms with Crippen molar-refractivity contribution in [2.45, 2.75) is 71.3 Å². The predicted octanol–water partition coefficient (Wildman–Crippen LogP) is 4.69. The van der Waals surface area contributed by atoms with Crippen LogP contribution in [0.2, 0.25) is 5.02 Å². The van der Waals surface area contributed by atoms with Crippen LogP contribution in [0.4, 0.5) is 0 Å². The summed E-state index contributed by atoms with van der Waals surface area (Å²) in [6.45, 7) is 6.62. The van der Waals surface area contributed by atoms with E-state index in [9.17, 15) is 9.59 Å². The lowest BCUT2D eigenvalue weighted by Gasteiger charge is -2.26. The third kappa shape index (κ3) is 6.53. The Labute approximate surface area is 168 Å². The zero-order valence-corrected chi connectivity index (χ0v) is 17.5. The van der Waals surface area contributed by atoms with Crippen LogP contribution in [0.25, 0.3) is 0 Å². The van der Waals surface area contributed by atoms with Crippen molar-refractivity contribution >= 4 is 23.4 Å². The van der Waals surface area contributed by atoms with Gasteiger partial charge in [0.15, 0.2) is 0 Å². The lowest BCUT2D eigenvalue weighted by Crippen LogP contribution is -2.37. The Kier molecular flexibility index (Phi) is 9.12. The second kappa shape index (κ2) is 11.3. The Balaban J connectivity index is 1.82. The number of halogens is 1. The number of hydrogen-bond donors (Lipinski definition) is 0. The van der Waals surface area contributed by atoms with Crippen LogP contribution in [-0.2, 0) is 16.0 Å². The van der Waals surface area contributed by atoms with Gasteiger partial charge in [0.2, 0.25) is 11.8 Å². The van der Waals surface area contributed by atoms with Crippen molar-refractivity contribution in [1.82, 2.24) is 9.80 Å². The van der Waals surface area contributed by atoms with Crippen LogP contribution in [0.1, 0.15) is 64.4 Å². The Morgan fingerprint density at radius 2 is 1.85 bits per heavy atom. The Morgan fingerprint density at radius 3 is 2.52 bits per heavy atom. The zero-order chi connectivity index (χ0) is 19.6. The van der Waals surface area contributed by atoms with E-state index in [4.69, 9.17) is 11.6 Å². The molecule has 1 aromatic rings. The molecule has 1 aromatic carbocycles. The Morgan fingerprint density at radius 1 is 1.15 bits per heavy atom. The largest absolute Gasteiger partial charge is 0.343 e. The summed E-state index contributed by atoms with van der Waals surface area (Å²) in [5.74, 6) is 0.357. The molecule has 1 atom stereocenters. The van der Waals surface area contributed by atoms with Gasteiger partial charge >= 0.3 is 0 Å². The lowest BCUT2D eigenvalue weighted by molar-refractivity contribution is -0.133. The second-order valence-corrected chi connectivity index (χ2v) is 7.82. The number of carbonyl (C=O) groups excluding carboxylic acids is 2. The first-order valence-electron chi connectivity index (χ1n) is 10.4. The number of benzene rings is 1. The molecule has 1 saturated heterocycles. The first-order chi connectivity index (χ1) is 13.1. The van der Waals surface area contributed by atoms with Gasteiger partial charge in [0.05, 0.1) is 0 Å². The molecule has 1 unspecified atom stereocenters. The molecule has 0 saturated carbocycles. The van der Waals surface area contributed by atoms with Crippen LogP contribution >= 0.6 is 11.6 Å². The highest BCUT2D eigenvalue weighted by molar-refractivity contribution is 6.31. The highest BCUT2D eigenvalue weighted by atomic mass is 35.5. The average molecular weight is 393 g/mol. The van der Waals surface area contributed by atoms with Gasteiger partial charge in [-0.1, -0.05) is 43.6 Å². The molecular weight excluding hydrogens is 360 g/mol. The van der Waals surface area contributed by atoms with Crippen LogP contribution in [-0.4, -0.2) is 47.3 Å². The second-order valence-electron chi connectivity index (χ2n) is 7.41. The number of rotatable bonds is 10. The van der Waals surface area contributed by atoms with E-state index in [1.807, 2.05) is 34.1 Å². The molecule has 0 aromatic heterocycles. The molecule has 2 rings (SSSR count). The molecule has 1 fully saturated rings. The van der Waals surface area contributed by atoms with Gasteiger partial charge in [-0.25, -0.2) is 0 Å². The van der Waals surface area contributed by atoms with E-state index < -0.39 is 0 Å². The van der Waals surface area contributed by atoms with Crippen molar-refractivity contribution in [2.75, 3.05) is 19.6 Å². The van der Waals surface area contributed by atoms with Crippen molar-refractivity contribution in [3.05, 3.63) is 34.9 Å². The number of carbonyl (C=O) groups is 2. The molecule has 1 heterocycles. The van der Waals surface area contributed by atoms with Crippen molar-refractivity contribution in [3.63, 3.8) is 0 Å². The minimum atomic E-state index is 0.176. The molecular formula is C22H33ClN2O2. The van der Waals surface area contributed by atoms with E-state index in [0.29, 0.717) is 19.3 Å². The summed E-state index contributed by atoms with van der Waals surface area (Å²) in [6.07, 6.45) is 6.38. The van der Waals surface area contributed by atoms with Crippen molar-refractivity contribution < 1.29 is 9.59 Å². The highest BCUT2D eigenvalue weighted by Crippen LogP contribution is 2.25. The molecule has 150 valence electrons. The normalized spacial score (nSPS) is 16.6. The zero-order valence-electron chi connectivity index (χ0n) is 16.8. The summed E-state index contributed by atoms with van der Waals surface area (Å²) in [5, 5.41) is 0.773. The highest BCUT2D eigenvalue weighted by Gasteiger charge is 2.29. The fourth-order valence-electron chi connectivity index (χ4n) is 3.89. The predicted molar refractivity (Wildman–Crippen MR) is 111 cm³/mol. The van der Waals surface area contributed by atoms with Crippen LogP contribution in [0.3, 0.4) is 0 Å². The molecule has 0 N–H and O–H groups in total. The molecule has 1 aliphatic rings. The molecule has 5 heteroatoms. The fraction of sp³-hybridized carbons (Fsp3) is 0.636. The quantitative estimate of drug-likeness (QED) is 0.579. The number of hydrogen-bond acceptors (Lipinski definition) is 2. The van der Waals surface area contributed by atoms with Crippen molar-refractivity contribution in [3.8, 4) is 0 Å². The van der Waals surface area contributed by atoms with E-state index in [2.05, 4.69) is 13.8 Å². The molecule has 0 bridgehead atoms. The molecule has 0 aliphatic carbocycles. The van der Waals surface area contributed by atoms with Crippen molar-refractivity contribution in [1.29, 1.82) is 0 Å². The molecule has 27 heavy (non-hydrogen) atoms. The third-order valence-electron chi connectivity index (χ3n) is 5.23. The molecule has 0 spiro atoms. The van der Waals surface area contributed by atoms with E-state index in [-0.39, 0.29) is 17.9 Å². The van der Waals surface area contributed by atoms with E-state index in [1.54, 1.807) is 0 Å². The van der Waals surface area contributed by atoms with Crippen LogP contribution in [0, 0.1) is 0 Å². The SMILES string of the molecule is CCCN(CCC)C(=O)CCCC(=O)N1CCCC1Cc1ccccc1Cl. The summed E-state index contributed by atoms with van der Waals surface area (Å²) in [6, 6.07) is 8.09. The Bertz CT molecular complexity index is 614. The van der Waals surface area contributed by atoms with Gasteiger partial charge in [-0.05, 0) is 50.2 Å². The topological polar surface area (TPSA) is 40.6 Å². The molecule has 0 radical (unpaired) electrons. The minimum absolute atomic E-state index is 0.176. The summed E-state index contributed by atoms with van der Waals surface area (Å²) >= 11 is 6.28. The van der Waals surface area contributed by atoms with Gasteiger partial charge in [0, 0.05) is 43.5 Å². The summed E-state index contributed by atoms with van der Waals surface area (Å²) in [7, 11) is 0. The summed E-state index contributed by atoms with van der Waals surface area (Å²) in [5.41, 5.74) is 1.11. The monoisotopic (exact) mass is 392 g/mol. The minimum Gasteiger partial charge on any atom is -0.343 e. The van der Waals surface area contributed by atoms with E-state index in [0.717, 1.165) is 62.3 Å². The Hall–Kier alpha value is -1.55. The number of likely N-dealkylation sites (tertiary alicyclic amines) is 1. The van der Waals surface area contributed by atoms with Gasteiger partial charge < -0.3 is 9.80 Å². The van der Waals surface area contributed by atoms with Gasteiger partial charge in [-0.2, -0.15) is 0 Å². The summed E-state index contributed by atoms with van der Waals surface area (Å²) in [4.78, 5) is 29.0. The van der Waals surface area contributed by atoms with Gasteiger partial charge in [-0.3, -0.25) is 9.59 Å². The van der Waals surface area contributed by atoms with Gasteiger partial charge in [0.25, 0.3) is 0 Å². The van der Waals surface area contributed by atoms with Crippen LogP contribution in [0.5, 0.6) is 0 Å². The standard InChI is InChI=1S/C22H33ClN2O2/c1-3-14-24(15-4-2)21(26)12-7-13-22(27)25-16-8-10-19(25)17-18-9-5-6-11-20(18)23/h5-6,9,11,19H,3-4,7-8,10,12-17H2,1-2H3. The first-order valence-corrected chi connectivity index (χ1v) is 10.7. The smallest absolute Gasteiger partial charge is 0.222 e. The fourth-order valence-corrected chi connectivity index (χ4v) is 4.10. The number of nitrogens with zero attached hydrogens (tertiary/aromatic N) is 2. The maximum atomic E-state index is 12.7.